The van der Waals surface area contributed by atoms with E-state index >= 15 is 0 Å². The van der Waals surface area contributed by atoms with E-state index in [2.05, 4.69) is 20.6 Å². The fourth-order valence-corrected chi connectivity index (χ4v) is 2.11. The van der Waals surface area contributed by atoms with Gasteiger partial charge < -0.3 is 15.3 Å². The first kappa shape index (κ1) is 16.6. The number of aliphatic carboxylic acids is 1. The van der Waals surface area contributed by atoms with Crippen LogP contribution < -0.4 is 10.8 Å². The minimum absolute atomic E-state index is 0.0453. The van der Waals surface area contributed by atoms with Crippen LogP contribution in [0.2, 0.25) is 0 Å². The van der Waals surface area contributed by atoms with Crippen molar-refractivity contribution < 1.29 is 19.5 Å². The first-order chi connectivity index (χ1) is 9.56. The monoisotopic (exact) mass is 285 g/mol. The largest absolute Gasteiger partial charge is 0.480 e. The highest BCUT2D eigenvalue weighted by Gasteiger charge is 2.26. The van der Waals surface area contributed by atoms with Crippen molar-refractivity contribution in [1.29, 1.82) is 0 Å². The second-order valence-electron chi connectivity index (χ2n) is 4.99. The fraction of sp³-hybridized carbons (Fsp3) is 0.769. The number of carbonyl (C=O) groups excluding carboxylic acids is 1. The highest BCUT2D eigenvalue weighted by Crippen LogP contribution is 2.16. The predicted octanol–water partition coefficient (Wildman–Crippen LogP) is 0.356. The lowest BCUT2D eigenvalue weighted by Gasteiger charge is -2.14. The summed E-state index contributed by atoms with van der Waals surface area (Å²) in [6, 6.07) is -0.980. The number of nitrogens with zero attached hydrogens (tertiary/aromatic N) is 1. The number of nitrogens with one attached hydrogen (secondary N) is 2. The summed E-state index contributed by atoms with van der Waals surface area (Å²) >= 11 is 0. The van der Waals surface area contributed by atoms with Crippen molar-refractivity contribution in [2.75, 3.05) is 13.7 Å². The van der Waals surface area contributed by atoms with Crippen molar-refractivity contribution in [2.24, 2.45) is 10.9 Å². The number of carbonyl (C=O) groups is 2. The molecule has 0 aromatic carbocycles. The molecule has 0 radical (unpaired) electrons. The van der Waals surface area contributed by atoms with E-state index in [-0.39, 0.29) is 17.9 Å². The molecule has 1 amide bonds. The van der Waals surface area contributed by atoms with Gasteiger partial charge in [-0.2, -0.15) is 5.48 Å². The minimum Gasteiger partial charge on any atom is -0.480 e. The van der Waals surface area contributed by atoms with Crippen LogP contribution in [0.3, 0.4) is 0 Å². The average molecular weight is 285 g/mol. The molecular weight excluding hydrogens is 262 g/mol. The minimum atomic E-state index is -0.940. The van der Waals surface area contributed by atoms with Crippen LogP contribution in [0.25, 0.3) is 0 Å². The maximum absolute atomic E-state index is 11.8. The molecular formula is C13H23N3O4. The number of amides is 1. The summed E-state index contributed by atoms with van der Waals surface area (Å²) in [5, 5.41) is 11.7. The van der Waals surface area contributed by atoms with Crippen LogP contribution in [0.1, 0.15) is 32.6 Å². The van der Waals surface area contributed by atoms with Gasteiger partial charge in [0.2, 0.25) is 5.91 Å². The van der Waals surface area contributed by atoms with Crippen LogP contribution in [-0.4, -0.2) is 48.9 Å². The Hall–Kier alpha value is -1.47. The summed E-state index contributed by atoms with van der Waals surface area (Å²) in [5.74, 6) is -0.724. The van der Waals surface area contributed by atoms with E-state index in [0.717, 1.165) is 12.8 Å². The van der Waals surface area contributed by atoms with Crippen molar-refractivity contribution in [3.63, 3.8) is 0 Å². The van der Waals surface area contributed by atoms with E-state index in [4.69, 9.17) is 5.11 Å². The number of unbranched alkanes of at least 4 members (excludes halogenated alkanes) is 1. The number of hydroxylamine groups is 1. The van der Waals surface area contributed by atoms with Gasteiger partial charge in [0.25, 0.3) is 0 Å². The Morgan fingerprint density at radius 1 is 1.50 bits per heavy atom. The molecule has 0 aliphatic carbocycles. The Morgan fingerprint density at radius 2 is 2.25 bits per heavy atom. The quantitative estimate of drug-likeness (QED) is 0.419. The Kier molecular flexibility index (Phi) is 7.17. The third-order valence-corrected chi connectivity index (χ3v) is 3.33. The first-order valence-corrected chi connectivity index (χ1v) is 6.87. The van der Waals surface area contributed by atoms with Gasteiger partial charge in [0, 0.05) is 12.8 Å². The van der Waals surface area contributed by atoms with Gasteiger partial charge in [0.1, 0.15) is 12.1 Å². The molecule has 7 nitrogen and oxygen atoms in total. The predicted molar refractivity (Wildman–Crippen MR) is 74.5 cm³/mol. The summed E-state index contributed by atoms with van der Waals surface area (Å²) in [5.41, 5.74) is 2.43. The van der Waals surface area contributed by atoms with Crippen LogP contribution >= 0.6 is 0 Å². The Balaban J connectivity index is 2.13. The summed E-state index contributed by atoms with van der Waals surface area (Å²) in [4.78, 5) is 31.4. The molecule has 1 heterocycles. The van der Waals surface area contributed by atoms with Gasteiger partial charge in [0.05, 0.1) is 7.11 Å². The molecule has 0 bridgehead atoms. The second-order valence-corrected chi connectivity index (χ2v) is 4.99. The van der Waals surface area contributed by atoms with E-state index in [1.807, 2.05) is 6.92 Å². The van der Waals surface area contributed by atoms with E-state index in [0.29, 0.717) is 19.4 Å². The van der Waals surface area contributed by atoms with Gasteiger partial charge in [-0.1, -0.05) is 6.92 Å². The van der Waals surface area contributed by atoms with Crippen LogP contribution in [0.15, 0.2) is 4.99 Å². The average Bonchev–Trinajstić information content (AvgIpc) is 2.83. The van der Waals surface area contributed by atoms with Gasteiger partial charge in [-0.3, -0.25) is 14.6 Å². The highest BCUT2D eigenvalue weighted by molar-refractivity contribution is 5.85. The lowest BCUT2D eigenvalue weighted by Crippen LogP contribution is -2.37. The number of hydrogen-bond donors (Lipinski definition) is 3. The van der Waals surface area contributed by atoms with Gasteiger partial charge in [-0.15, -0.1) is 0 Å². The topological polar surface area (TPSA) is 100 Å². The Labute approximate surface area is 118 Å². The molecule has 7 heteroatoms. The van der Waals surface area contributed by atoms with E-state index in [1.165, 1.54) is 7.11 Å². The van der Waals surface area contributed by atoms with Gasteiger partial charge >= 0.3 is 5.97 Å². The zero-order valence-electron chi connectivity index (χ0n) is 12.0. The van der Waals surface area contributed by atoms with Crippen LogP contribution in [0.5, 0.6) is 0 Å². The molecule has 114 valence electrons. The number of carboxylic acids is 1. The third-order valence-electron chi connectivity index (χ3n) is 3.33. The molecule has 0 fully saturated rings. The van der Waals surface area contributed by atoms with E-state index < -0.39 is 12.0 Å². The molecule has 0 saturated carbocycles. The molecule has 0 aromatic heterocycles. The van der Waals surface area contributed by atoms with Gasteiger partial charge in [0.15, 0.2) is 0 Å². The van der Waals surface area contributed by atoms with Gasteiger partial charge in [-0.05, 0) is 31.6 Å². The zero-order chi connectivity index (χ0) is 15.0. The summed E-state index contributed by atoms with van der Waals surface area (Å²) in [6.45, 7) is 2.54. The molecule has 3 N–H and O–H groups in total. The maximum Gasteiger partial charge on any atom is 0.323 e. The van der Waals surface area contributed by atoms with Crippen LogP contribution in [-0.2, 0) is 14.4 Å². The Bertz CT molecular complexity index is 360. The lowest BCUT2D eigenvalue weighted by molar-refractivity contribution is -0.143. The number of aliphatic imine (C=N–C) groups is 1. The van der Waals surface area contributed by atoms with Crippen LogP contribution in [0.4, 0.5) is 0 Å². The summed E-state index contributed by atoms with van der Waals surface area (Å²) in [6.07, 6.45) is 4.52. The summed E-state index contributed by atoms with van der Waals surface area (Å²) < 4.78 is 0. The smallest absolute Gasteiger partial charge is 0.323 e. The van der Waals surface area contributed by atoms with Crippen molar-refractivity contribution in [1.82, 2.24) is 10.8 Å². The molecule has 0 saturated heterocycles. The standard InChI is InChI=1S/C13H23N3O4/c1-9-6-8-14-11(9)12(17)15-7-4-3-5-10(13(18)19)16-20-2/h8-11,16H,3-7H2,1-2H3,(H,15,17)(H,18,19)/t9-,10+,11-/m1/s1. The second kappa shape index (κ2) is 8.65. The molecule has 0 aromatic rings. The first-order valence-electron chi connectivity index (χ1n) is 6.87. The van der Waals surface area contributed by atoms with Crippen molar-refractivity contribution in [3.05, 3.63) is 0 Å². The fourth-order valence-electron chi connectivity index (χ4n) is 2.11. The van der Waals surface area contributed by atoms with E-state index in [1.54, 1.807) is 6.21 Å². The van der Waals surface area contributed by atoms with Crippen LogP contribution in [0, 0.1) is 5.92 Å². The molecule has 0 spiro atoms. The van der Waals surface area contributed by atoms with Crippen molar-refractivity contribution >= 4 is 18.1 Å². The number of rotatable bonds is 9. The lowest BCUT2D eigenvalue weighted by atomic mass is 10.0. The SMILES string of the molecule is CON[C@@H](CCCCNC(=O)[C@@H]1N=CC[C@H]1C)C(=O)O. The Morgan fingerprint density at radius 3 is 2.80 bits per heavy atom. The molecule has 3 atom stereocenters. The third kappa shape index (κ3) is 5.26. The van der Waals surface area contributed by atoms with Gasteiger partial charge in [-0.25, -0.2) is 0 Å². The molecule has 0 unspecified atom stereocenters. The molecule has 1 rings (SSSR count). The van der Waals surface area contributed by atoms with Crippen molar-refractivity contribution in [2.45, 2.75) is 44.7 Å². The number of hydrogen-bond acceptors (Lipinski definition) is 5. The van der Waals surface area contributed by atoms with Crippen molar-refractivity contribution in [3.8, 4) is 0 Å². The highest BCUT2D eigenvalue weighted by atomic mass is 16.6. The number of carboxylic acid groups (broad SMARTS) is 1. The zero-order valence-corrected chi connectivity index (χ0v) is 12.0. The molecule has 1 aliphatic heterocycles. The summed E-state index contributed by atoms with van der Waals surface area (Å²) in [7, 11) is 1.39. The van der Waals surface area contributed by atoms with E-state index in [9.17, 15) is 9.59 Å². The normalized spacial score (nSPS) is 22.7. The molecule has 20 heavy (non-hydrogen) atoms. The maximum atomic E-state index is 11.8. The molecule has 1 aliphatic rings.